The van der Waals surface area contributed by atoms with Gasteiger partial charge in [-0.3, -0.25) is 9.48 Å². The van der Waals surface area contributed by atoms with E-state index in [0.29, 0.717) is 32.0 Å². The first-order valence-electron chi connectivity index (χ1n) is 8.94. The molecule has 140 valence electrons. The van der Waals surface area contributed by atoms with Crippen molar-refractivity contribution < 1.29 is 18.7 Å². The Morgan fingerprint density at radius 2 is 2.27 bits per heavy atom. The Balaban J connectivity index is 1.58. The molecule has 2 aromatic heterocycles. The average molecular weight is 360 g/mol. The van der Waals surface area contributed by atoms with E-state index in [4.69, 9.17) is 9.15 Å². The molecule has 0 aliphatic carbocycles. The van der Waals surface area contributed by atoms with E-state index in [9.17, 15) is 9.59 Å². The Bertz CT molecular complexity index is 725. The number of rotatable bonds is 5. The third-order valence-corrected chi connectivity index (χ3v) is 4.30. The standard InChI is InChI=1S/C18H24N4O4/c1-2-25-18(24)21-10-4-3-6-14(12-21)20-17(23)16-8-7-15(26-16)13-22-11-5-9-19-22/h5,7-9,11,14H,2-4,6,10,12-13H2,1H3,(H,20,23)/t14-/m1/s1. The lowest BCUT2D eigenvalue weighted by Crippen LogP contribution is -2.44. The minimum atomic E-state index is -0.326. The van der Waals surface area contributed by atoms with Crippen LogP contribution in [0.25, 0.3) is 0 Å². The molecule has 8 nitrogen and oxygen atoms in total. The normalized spacial score (nSPS) is 17.6. The van der Waals surface area contributed by atoms with Gasteiger partial charge in [-0.1, -0.05) is 0 Å². The number of ether oxygens (including phenoxy) is 1. The molecule has 0 unspecified atom stereocenters. The molecule has 0 saturated carbocycles. The summed E-state index contributed by atoms with van der Waals surface area (Å²) in [4.78, 5) is 26.1. The van der Waals surface area contributed by atoms with Gasteiger partial charge in [0.05, 0.1) is 13.2 Å². The number of aromatic nitrogens is 2. The predicted molar refractivity (Wildman–Crippen MR) is 93.7 cm³/mol. The number of carbonyl (C=O) groups excluding carboxylic acids is 2. The minimum absolute atomic E-state index is 0.117. The molecular weight excluding hydrogens is 336 g/mol. The van der Waals surface area contributed by atoms with Crippen LogP contribution in [0, 0.1) is 0 Å². The molecule has 2 aromatic rings. The monoisotopic (exact) mass is 360 g/mol. The summed E-state index contributed by atoms with van der Waals surface area (Å²) in [6, 6.07) is 5.15. The fourth-order valence-electron chi connectivity index (χ4n) is 3.04. The van der Waals surface area contributed by atoms with E-state index in [1.54, 1.807) is 34.8 Å². The number of nitrogens with one attached hydrogen (secondary N) is 1. The fourth-order valence-corrected chi connectivity index (χ4v) is 3.04. The van der Waals surface area contributed by atoms with E-state index in [-0.39, 0.29) is 23.8 Å². The number of hydrogen-bond acceptors (Lipinski definition) is 5. The first kappa shape index (κ1) is 18.0. The van der Waals surface area contributed by atoms with Crippen LogP contribution >= 0.6 is 0 Å². The highest BCUT2D eigenvalue weighted by Gasteiger charge is 2.25. The first-order chi connectivity index (χ1) is 12.7. The van der Waals surface area contributed by atoms with Crippen LogP contribution < -0.4 is 5.32 Å². The predicted octanol–water partition coefficient (Wildman–Crippen LogP) is 2.27. The number of furan rings is 1. The van der Waals surface area contributed by atoms with Crippen molar-refractivity contribution in [3.63, 3.8) is 0 Å². The van der Waals surface area contributed by atoms with E-state index >= 15 is 0 Å². The Kier molecular flexibility index (Phi) is 5.93. The van der Waals surface area contributed by atoms with Crippen molar-refractivity contribution in [2.75, 3.05) is 19.7 Å². The number of likely N-dealkylation sites (tertiary alicyclic amines) is 1. The molecule has 1 aliphatic heterocycles. The summed E-state index contributed by atoms with van der Waals surface area (Å²) in [6.07, 6.45) is 5.87. The summed E-state index contributed by atoms with van der Waals surface area (Å²) in [5.74, 6) is 0.652. The van der Waals surface area contributed by atoms with Gasteiger partial charge in [-0.2, -0.15) is 5.10 Å². The molecule has 8 heteroatoms. The second kappa shape index (κ2) is 8.55. The first-order valence-corrected chi connectivity index (χ1v) is 8.94. The third kappa shape index (κ3) is 4.65. The van der Waals surface area contributed by atoms with E-state index in [0.717, 1.165) is 19.3 Å². The van der Waals surface area contributed by atoms with E-state index < -0.39 is 0 Å². The van der Waals surface area contributed by atoms with Gasteiger partial charge < -0.3 is 19.4 Å². The Hall–Kier alpha value is -2.77. The maximum atomic E-state index is 12.5. The zero-order valence-corrected chi connectivity index (χ0v) is 14.9. The molecule has 0 bridgehead atoms. The lowest BCUT2D eigenvalue weighted by molar-refractivity contribution is 0.0870. The fraction of sp³-hybridized carbons (Fsp3) is 0.500. The van der Waals surface area contributed by atoms with E-state index in [1.165, 1.54) is 0 Å². The lowest BCUT2D eigenvalue weighted by Gasteiger charge is -2.24. The van der Waals surface area contributed by atoms with Crippen molar-refractivity contribution in [1.82, 2.24) is 20.0 Å². The van der Waals surface area contributed by atoms with Gasteiger partial charge in [0.2, 0.25) is 0 Å². The molecule has 0 radical (unpaired) electrons. The molecule has 1 N–H and O–H groups in total. The van der Waals surface area contributed by atoms with E-state index in [2.05, 4.69) is 10.4 Å². The van der Waals surface area contributed by atoms with Gasteiger partial charge >= 0.3 is 6.09 Å². The Labute approximate surface area is 152 Å². The summed E-state index contributed by atoms with van der Waals surface area (Å²) in [5.41, 5.74) is 0. The molecule has 0 spiro atoms. The smallest absolute Gasteiger partial charge is 0.409 e. The van der Waals surface area contributed by atoms with Crippen LogP contribution in [0.3, 0.4) is 0 Å². The van der Waals surface area contributed by atoms with Crippen molar-refractivity contribution in [1.29, 1.82) is 0 Å². The number of amides is 2. The Morgan fingerprint density at radius 3 is 3.04 bits per heavy atom. The van der Waals surface area contributed by atoms with Crippen molar-refractivity contribution in [2.45, 2.75) is 38.8 Å². The van der Waals surface area contributed by atoms with Gasteiger partial charge in [-0.25, -0.2) is 4.79 Å². The zero-order valence-electron chi connectivity index (χ0n) is 14.9. The molecule has 3 heterocycles. The molecule has 1 saturated heterocycles. The number of carbonyl (C=O) groups is 2. The Morgan fingerprint density at radius 1 is 1.38 bits per heavy atom. The summed E-state index contributed by atoms with van der Waals surface area (Å²) >= 11 is 0. The van der Waals surface area contributed by atoms with Crippen molar-refractivity contribution in [3.8, 4) is 0 Å². The SMILES string of the molecule is CCOC(=O)N1CCCC[C@@H](NC(=O)c2ccc(Cn3cccn3)o2)C1. The molecule has 1 aliphatic rings. The van der Waals surface area contributed by atoms with E-state index in [1.807, 2.05) is 12.3 Å². The van der Waals surface area contributed by atoms with Crippen LogP contribution in [0.4, 0.5) is 4.79 Å². The molecular formula is C18H24N4O4. The topological polar surface area (TPSA) is 89.6 Å². The van der Waals surface area contributed by atoms with Gasteiger partial charge in [0.15, 0.2) is 5.76 Å². The van der Waals surface area contributed by atoms with Crippen LogP contribution in [0.1, 0.15) is 42.5 Å². The highest BCUT2D eigenvalue weighted by molar-refractivity contribution is 5.91. The molecule has 3 rings (SSSR count). The molecule has 26 heavy (non-hydrogen) atoms. The zero-order chi connectivity index (χ0) is 18.4. The summed E-state index contributed by atoms with van der Waals surface area (Å²) in [6.45, 7) is 3.70. The summed E-state index contributed by atoms with van der Waals surface area (Å²) in [7, 11) is 0. The maximum absolute atomic E-state index is 12.5. The highest BCUT2D eigenvalue weighted by atomic mass is 16.6. The number of nitrogens with zero attached hydrogens (tertiary/aromatic N) is 3. The quantitative estimate of drug-likeness (QED) is 0.883. The van der Waals surface area contributed by atoms with Crippen LogP contribution in [0.5, 0.6) is 0 Å². The van der Waals surface area contributed by atoms with Crippen molar-refractivity contribution in [3.05, 3.63) is 42.1 Å². The van der Waals surface area contributed by atoms with Gasteiger partial charge in [0.1, 0.15) is 5.76 Å². The molecule has 1 fully saturated rings. The van der Waals surface area contributed by atoms with Gasteiger partial charge in [-0.05, 0) is 44.4 Å². The van der Waals surface area contributed by atoms with Crippen molar-refractivity contribution in [2.24, 2.45) is 0 Å². The third-order valence-electron chi connectivity index (χ3n) is 4.30. The van der Waals surface area contributed by atoms with Crippen LogP contribution in [-0.4, -0.2) is 52.4 Å². The summed E-state index contributed by atoms with van der Waals surface area (Å²) in [5, 5.41) is 7.09. The molecule has 0 aromatic carbocycles. The average Bonchev–Trinajstić information content (AvgIpc) is 3.24. The van der Waals surface area contributed by atoms with Crippen molar-refractivity contribution >= 4 is 12.0 Å². The van der Waals surface area contributed by atoms with Crippen LogP contribution in [-0.2, 0) is 11.3 Å². The highest BCUT2D eigenvalue weighted by Crippen LogP contribution is 2.14. The molecule has 1 atom stereocenters. The van der Waals surface area contributed by atoms with Crippen LogP contribution in [0.15, 0.2) is 35.0 Å². The van der Waals surface area contributed by atoms with Gasteiger partial charge in [0.25, 0.3) is 5.91 Å². The lowest BCUT2D eigenvalue weighted by atomic mass is 10.1. The number of hydrogen-bond donors (Lipinski definition) is 1. The second-order valence-electron chi connectivity index (χ2n) is 6.28. The largest absolute Gasteiger partial charge is 0.454 e. The van der Waals surface area contributed by atoms with Crippen LogP contribution in [0.2, 0.25) is 0 Å². The second-order valence-corrected chi connectivity index (χ2v) is 6.28. The van der Waals surface area contributed by atoms with Gasteiger partial charge in [-0.15, -0.1) is 0 Å². The minimum Gasteiger partial charge on any atom is -0.454 e. The molecule has 2 amide bonds. The van der Waals surface area contributed by atoms with Gasteiger partial charge in [0, 0.05) is 31.5 Å². The summed E-state index contributed by atoms with van der Waals surface area (Å²) < 4.78 is 12.4. The maximum Gasteiger partial charge on any atom is 0.409 e.